The van der Waals surface area contributed by atoms with Crippen LogP contribution in [0.4, 0.5) is 0 Å². The molecule has 0 atom stereocenters. The number of aliphatic imine (C=N–C) groups is 1. The fourth-order valence-corrected chi connectivity index (χ4v) is 2.89. The summed E-state index contributed by atoms with van der Waals surface area (Å²) in [5.74, 6) is 1.02. The SMILES string of the molecule is CCN(CC)CCNC(=NC)N1CCC(OCCCOC)CC1. The molecule has 0 radical (unpaired) electrons. The largest absolute Gasteiger partial charge is 0.385 e. The van der Waals surface area contributed by atoms with Crippen molar-refractivity contribution in [3.05, 3.63) is 0 Å². The van der Waals surface area contributed by atoms with Gasteiger partial charge >= 0.3 is 0 Å². The number of likely N-dealkylation sites (N-methyl/N-ethyl adjacent to an activating group) is 1. The molecule has 1 fully saturated rings. The third kappa shape index (κ3) is 7.99. The lowest BCUT2D eigenvalue weighted by Crippen LogP contribution is -2.48. The zero-order chi connectivity index (χ0) is 16.9. The van der Waals surface area contributed by atoms with E-state index < -0.39 is 0 Å². The lowest BCUT2D eigenvalue weighted by Gasteiger charge is -2.34. The van der Waals surface area contributed by atoms with Gasteiger partial charge in [0.25, 0.3) is 0 Å². The summed E-state index contributed by atoms with van der Waals surface area (Å²) in [5.41, 5.74) is 0. The Morgan fingerprint density at radius 1 is 1.22 bits per heavy atom. The van der Waals surface area contributed by atoms with Gasteiger partial charge in [-0.3, -0.25) is 4.99 Å². The summed E-state index contributed by atoms with van der Waals surface area (Å²) in [7, 11) is 3.60. The summed E-state index contributed by atoms with van der Waals surface area (Å²) in [5, 5.41) is 3.49. The van der Waals surface area contributed by atoms with Gasteiger partial charge in [0, 0.05) is 53.6 Å². The number of likely N-dealkylation sites (tertiary alicyclic amines) is 1. The van der Waals surface area contributed by atoms with E-state index in [0.717, 1.165) is 77.7 Å². The number of nitrogens with zero attached hydrogens (tertiary/aromatic N) is 3. The number of hydrogen-bond acceptors (Lipinski definition) is 4. The zero-order valence-corrected chi connectivity index (χ0v) is 15.5. The Kier molecular flexibility index (Phi) is 11.0. The maximum Gasteiger partial charge on any atom is 0.193 e. The second-order valence-electron chi connectivity index (χ2n) is 5.90. The van der Waals surface area contributed by atoms with E-state index in [2.05, 4.69) is 34.0 Å². The van der Waals surface area contributed by atoms with E-state index in [0.29, 0.717) is 6.10 Å². The molecule has 1 heterocycles. The molecule has 0 unspecified atom stereocenters. The molecular weight excluding hydrogens is 292 g/mol. The third-order valence-corrected chi connectivity index (χ3v) is 4.41. The average Bonchev–Trinajstić information content (AvgIpc) is 2.60. The first kappa shape index (κ1) is 20.2. The summed E-state index contributed by atoms with van der Waals surface area (Å²) >= 11 is 0. The van der Waals surface area contributed by atoms with E-state index in [4.69, 9.17) is 9.47 Å². The Labute approximate surface area is 142 Å². The Hall–Kier alpha value is -0.850. The van der Waals surface area contributed by atoms with Crippen molar-refractivity contribution in [2.75, 3.05) is 66.6 Å². The highest BCUT2D eigenvalue weighted by Gasteiger charge is 2.21. The van der Waals surface area contributed by atoms with Gasteiger partial charge in [0.2, 0.25) is 0 Å². The van der Waals surface area contributed by atoms with Crippen molar-refractivity contribution < 1.29 is 9.47 Å². The standard InChI is InChI=1S/C17H36N4O2/c1-5-20(6-2)13-10-19-17(18-3)21-11-8-16(9-12-21)23-15-7-14-22-4/h16H,5-15H2,1-4H3,(H,18,19). The number of hydrogen-bond donors (Lipinski definition) is 1. The van der Waals surface area contributed by atoms with Crippen LogP contribution < -0.4 is 5.32 Å². The first-order valence-electron chi connectivity index (χ1n) is 9.03. The molecule has 0 saturated carbocycles. The van der Waals surface area contributed by atoms with E-state index in [9.17, 15) is 0 Å². The lowest BCUT2D eigenvalue weighted by atomic mass is 10.1. The zero-order valence-electron chi connectivity index (χ0n) is 15.5. The molecule has 6 heteroatoms. The summed E-state index contributed by atoms with van der Waals surface area (Å²) in [6.45, 7) is 12.2. The van der Waals surface area contributed by atoms with Crippen molar-refractivity contribution in [2.45, 2.75) is 39.2 Å². The smallest absolute Gasteiger partial charge is 0.193 e. The molecular formula is C17H36N4O2. The molecule has 0 bridgehead atoms. The molecule has 1 rings (SSSR count). The fraction of sp³-hybridized carbons (Fsp3) is 0.941. The van der Waals surface area contributed by atoms with Crippen LogP contribution in [0.1, 0.15) is 33.1 Å². The molecule has 0 aliphatic carbocycles. The second kappa shape index (κ2) is 12.6. The Morgan fingerprint density at radius 2 is 1.91 bits per heavy atom. The molecule has 0 aromatic heterocycles. The first-order chi connectivity index (χ1) is 11.2. The Morgan fingerprint density at radius 3 is 2.48 bits per heavy atom. The lowest BCUT2D eigenvalue weighted by molar-refractivity contribution is 0.00990. The van der Waals surface area contributed by atoms with Crippen LogP contribution >= 0.6 is 0 Å². The highest BCUT2D eigenvalue weighted by atomic mass is 16.5. The maximum atomic E-state index is 5.91. The number of guanidine groups is 1. The van der Waals surface area contributed by atoms with Gasteiger partial charge in [0.1, 0.15) is 0 Å². The minimum Gasteiger partial charge on any atom is -0.385 e. The van der Waals surface area contributed by atoms with Crippen molar-refractivity contribution in [3.63, 3.8) is 0 Å². The summed E-state index contributed by atoms with van der Waals surface area (Å²) < 4.78 is 11.0. The van der Waals surface area contributed by atoms with Crippen LogP contribution in [0.25, 0.3) is 0 Å². The van der Waals surface area contributed by atoms with Crippen LogP contribution in [0.15, 0.2) is 4.99 Å². The highest BCUT2D eigenvalue weighted by Crippen LogP contribution is 2.14. The number of nitrogens with one attached hydrogen (secondary N) is 1. The predicted octanol–water partition coefficient (Wildman–Crippen LogP) is 1.42. The van der Waals surface area contributed by atoms with Crippen LogP contribution in [-0.2, 0) is 9.47 Å². The molecule has 136 valence electrons. The Balaban J connectivity index is 2.22. The van der Waals surface area contributed by atoms with Gasteiger partial charge < -0.3 is 24.6 Å². The van der Waals surface area contributed by atoms with E-state index in [-0.39, 0.29) is 0 Å². The van der Waals surface area contributed by atoms with Crippen LogP contribution in [-0.4, -0.2) is 88.5 Å². The number of rotatable bonds is 10. The van der Waals surface area contributed by atoms with Crippen LogP contribution in [0.5, 0.6) is 0 Å². The van der Waals surface area contributed by atoms with E-state index in [1.165, 1.54) is 0 Å². The molecule has 0 aromatic rings. The third-order valence-electron chi connectivity index (χ3n) is 4.41. The number of methoxy groups -OCH3 is 1. The van der Waals surface area contributed by atoms with Gasteiger partial charge in [-0.2, -0.15) is 0 Å². The van der Waals surface area contributed by atoms with Gasteiger partial charge in [0.15, 0.2) is 5.96 Å². The molecule has 6 nitrogen and oxygen atoms in total. The molecule has 1 saturated heterocycles. The minimum absolute atomic E-state index is 0.386. The van der Waals surface area contributed by atoms with Gasteiger partial charge in [-0.15, -0.1) is 0 Å². The van der Waals surface area contributed by atoms with E-state index >= 15 is 0 Å². The fourth-order valence-electron chi connectivity index (χ4n) is 2.89. The highest BCUT2D eigenvalue weighted by molar-refractivity contribution is 5.79. The Bertz CT molecular complexity index is 314. The summed E-state index contributed by atoms with van der Waals surface area (Å²) in [6, 6.07) is 0. The topological polar surface area (TPSA) is 49.3 Å². The van der Waals surface area contributed by atoms with Gasteiger partial charge in [-0.05, 0) is 32.4 Å². The monoisotopic (exact) mass is 328 g/mol. The van der Waals surface area contributed by atoms with E-state index in [1.54, 1.807) is 7.11 Å². The molecule has 23 heavy (non-hydrogen) atoms. The average molecular weight is 329 g/mol. The van der Waals surface area contributed by atoms with E-state index in [1.807, 2.05) is 7.05 Å². The first-order valence-corrected chi connectivity index (χ1v) is 9.03. The van der Waals surface area contributed by atoms with Crippen LogP contribution in [0.3, 0.4) is 0 Å². The van der Waals surface area contributed by atoms with Crippen LogP contribution in [0, 0.1) is 0 Å². The quantitative estimate of drug-likeness (QED) is 0.373. The minimum atomic E-state index is 0.386. The van der Waals surface area contributed by atoms with Crippen molar-refractivity contribution in [3.8, 4) is 0 Å². The molecule has 1 aliphatic rings. The van der Waals surface area contributed by atoms with Crippen molar-refractivity contribution in [1.82, 2.24) is 15.1 Å². The van der Waals surface area contributed by atoms with Gasteiger partial charge in [-0.1, -0.05) is 13.8 Å². The summed E-state index contributed by atoms with van der Waals surface area (Å²) in [4.78, 5) is 9.19. The van der Waals surface area contributed by atoms with Crippen molar-refractivity contribution >= 4 is 5.96 Å². The molecule has 0 aromatic carbocycles. The molecule has 1 N–H and O–H groups in total. The number of ether oxygens (including phenoxy) is 2. The number of piperidine rings is 1. The van der Waals surface area contributed by atoms with Crippen LogP contribution in [0.2, 0.25) is 0 Å². The predicted molar refractivity (Wildman–Crippen MR) is 96.2 cm³/mol. The molecule has 1 aliphatic heterocycles. The van der Waals surface area contributed by atoms with Gasteiger partial charge in [0.05, 0.1) is 6.10 Å². The maximum absolute atomic E-state index is 5.91. The van der Waals surface area contributed by atoms with Gasteiger partial charge in [-0.25, -0.2) is 0 Å². The van der Waals surface area contributed by atoms with Crippen molar-refractivity contribution in [1.29, 1.82) is 0 Å². The normalized spacial score (nSPS) is 17.1. The second-order valence-corrected chi connectivity index (χ2v) is 5.90. The summed E-state index contributed by atoms with van der Waals surface area (Å²) in [6.07, 6.45) is 3.51. The molecule has 0 amide bonds. The van der Waals surface area contributed by atoms with Crippen molar-refractivity contribution in [2.24, 2.45) is 4.99 Å². The molecule has 0 spiro atoms.